The van der Waals surface area contributed by atoms with Crippen LogP contribution < -0.4 is 14.2 Å². The summed E-state index contributed by atoms with van der Waals surface area (Å²) in [6.07, 6.45) is 1.97. The predicted octanol–water partition coefficient (Wildman–Crippen LogP) is 5.39. The fraction of sp³-hybridized carbons (Fsp3) is 0.360. The molecule has 0 amide bonds. The maximum atomic E-state index is 11.5. The number of rotatable bonds is 10. The highest BCUT2D eigenvalue weighted by Gasteiger charge is 2.25. The van der Waals surface area contributed by atoms with Crippen molar-refractivity contribution in [1.29, 1.82) is 5.26 Å². The molecule has 0 unspecified atom stereocenters. The van der Waals surface area contributed by atoms with Crippen LogP contribution in [0.3, 0.4) is 0 Å². The fourth-order valence-corrected chi connectivity index (χ4v) is 4.75. The van der Waals surface area contributed by atoms with Crippen molar-refractivity contribution >= 4 is 27.2 Å². The van der Waals surface area contributed by atoms with E-state index in [1.807, 2.05) is 44.2 Å². The van der Waals surface area contributed by atoms with E-state index in [0.717, 1.165) is 29.4 Å². The van der Waals surface area contributed by atoms with Crippen LogP contribution in [0.5, 0.6) is 11.5 Å². The molecule has 34 heavy (non-hydrogen) atoms. The lowest BCUT2D eigenvalue weighted by Gasteiger charge is -2.27. The normalized spacial score (nSPS) is 11.6. The number of thiazole rings is 1. The summed E-state index contributed by atoms with van der Waals surface area (Å²) in [4.78, 5) is 4.75. The number of nitrogens with zero attached hydrogens (tertiary/aromatic N) is 2. The molecule has 0 bridgehead atoms. The predicted molar refractivity (Wildman–Crippen MR) is 135 cm³/mol. The first kappa shape index (κ1) is 25.5. The monoisotopic (exact) mass is 499 g/mol. The maximum Gasteiger partial charge on any atom is 0.231 e. The fourth-order valence-electron chi connectivity index (χ4n) is 3.53. The van der Waals surface area contributed by atoms with Crippen molar-refractivity contribution in [2.75, 3.05) is 17.6 Å². The van der Waals surface area contributed by atoms with Crippen molar-refractivity contribution in [3.63, 3.8) is 0 Å². The zero-order valence-electron chi connectivity index (χ0n) is 20.0. The van der Waals surface area contributed by atoms with Crippen LogP contribution in [0.25, 0.3) is 0 Å². The molecule has 0 aliphatic carbocycles. The van der Waals surface area contributed by atoms with Gasteiger partial charge >= 0.3 is 0 Å². The molecule has 1 aromatic heterocycles. The van der Waals surface area contributed by atoms with E-state index >= 15 is 0 Å². The van der Waals surface area contributed by atoms with Gasteiger partial charge in [0.05, 0.1) is 28.8 Å². The van der Waals surface area contributed by atoms with E-state index in [1.165, 1.54) is 11.3 Å². The van der Waals surface area contributed by atoms with Crippen molar-refractivity contribution in [2.45, 2.75) is 46.1 Å². The third-order valence-electron chi connectivity index (χ3n) is 5.44. The molecule has 0 spiro atoms. The molecule has 180 valence electrons. The zero-order valence-corrected chi connectivity index (χ0v) is 21.6. The van der Waals surface area contributed by atoms with Gasteiger partial charge in [-0.1, -0.05) is 39.0 Å². The summed E-state index contributed by atoms with van der Waals surface area (Å²) in [5.41, 5.74) is 4.82. The van der Waals surface area contributed by atoms with Gasteiger partial charge in [-0.05, 0) is 48.2 Å². The summed E-state index contributed by atoms with van der Waals surface area (Å²) < 4.78 is 37.1. The molecule has 3 aromatic rings. The number of hydrogen-bond acceptors (Lipinski definition) is 7. The van der Waals surface area contributed by atoms with Crippen molar-refractivity contribution in [2.24, 2.45) is 0 Å². The highest BCUT2D eigenvalue weighted by atomic mass is 32.2. The average Bonchev–Trinajstić information content (AvgIpc) is 3.21. The molecule has 0 saturated heterocycles. The van der Waals surface area contributed by atoms with Gasteiger partial charge in [-0.25, -0.2) is 13.4 Å². The van der Waals surface area contributed by atoms with Gasteiger partial charge in [0.15, 0.2) is 5.82 Å². The van der Waals surface area contributed by atoms with Crippen LogP contribution in [0.4, 0.5) is 5.82 Å². The quantitative estimate of drug-likeness (QED) is 0.401. The van der Waals surface area contributed by atoms with Crippen molar-refractivity contribution in [3.8, 4) is 17.6 Å². The first-order valence-electron chi connectivity index (χ1n) is 10.9. The average molecular weight is 500 g/mol. The third-order valence-corrected chi connectivity index (χ3v) is 6.81. The zero-order chi connectivity index (χ0) is 24.9. The highest BCUT2D eigenvalue weighted by Crippen LogP contribution is 2.36. The molecule has 1 heterocycles. The molecule has 0 atom stereocenters. The Labute approximate surface area is 205 Å². The molecule has 2 aromatic carbocycles. The first-order valence-corrected chi connectivity index (χ1v) is 13.6. The topological polar surface area (TPSA) is 101 Å². The molecule has 9 heteroatoms. The van der Waals surface area contributed by atoms with Crippen LogP contribution in [-0.2, 0) is 22.0 Å². The Kier molecular flexibility index (Phi) is 7.85. The van der Waals surface area contributed by atoms with Crippen LogP contribution in [0, 0.1) is 18.3 Å². The van der Waals surface area contributed by atoms with Gasteiger partial charge in [0.1, 0.15) is 24.2 Å². The number of benzene rings is 2. The van der Waals surface area contributed by atoms with Crippen LogP contribution in [0.1, 0.15) is 54.3 Å². The lowest BCUT2D eigenvalue weighted by atomic mass is 9.77. The van der Waals surface area contributed by atoms with Crippen molar-refractivity contribution < 1.29 is 17.9 Å². The van der Waals surface area contributed by atoms with Gasteiger partial charge in [-0.3, -0.25) is 4.72 Å². The number of aryl methyl sites for hydroxylation is 1. The summed E-state index contributed by atoms with van der Waals surface area (Å²) in [6.45, 7) is 9.02. The minimum absolute atomic E-state index is 0.204. The smallest absolute Gasteiger partial charge is 0.231 e. The molecule has 0 aliphatic rings. The van der Waals surface area contributed by atoms with Crippen LogP contribution in [0.2, 0.25) is 0 Å². The van der Waals surface area contributed by atoms with E-state index in [1.54, 1.807) is 5.51 Å². The Morgan fingerprint density at radius 1 is 1.15 bits per heavy atom. The molecular formula is C25H29N3O4S2. The molecule has 0 aliphatic heterocycles. The molecule has 0 radical (unpaired) electrons. The van der Waals surface area contributed by atoms with Crippen LogP contribution >= 0.6 is 11.3 Å². The number of nitrogens with one attached hydrogen (secondary N) is 1. The second kappa shape index (κ2) is 10.5. The lowest BCUT2D eigenvalue weighted by Crippen LogP contribution is -2.19. The van der Waals surface area contributed by atoms with E-state index in [4.69, 9.17) is 9.47 Å². The number of ether oxygens (including phenoxy) is 2. The number of anilines is 1. The Morgan fingerprint density at radius 2 is 1.85 bits per heavy atom. The first-order chi connectivity index (χ1) is 16.0. The SMILES string of the molecule is CCCOc1c(C)cc(C(C)(C)c2ccc(OCc3scnc3NS(C)(=O)=O)cc2)cc1C#N. The van der Waals surface area contributed by atoms with Crippen molar-refractivity contribution in [3.05, 3.63) is 69.0 Å². The molecule has 1 N–H and O–H groups in total. The summed E-state index contributed by atoms with van der Waals surface area (Å²) >= 11 is 1.33. The van der Waals surface area contributed by atoms with Gasteiger partial charge in [0.2, 0.25) is 10.0 Å². The molecule has 0 saturated carbocycles. The third kappa shape index (κ3) is 6.07. The Morgan fingerprint density at radius 3 is 2.47 bits per heavy atom. The van der Waals surface area contributed by atoms with Gasteiger partial charge in [0, 0.05) is 5.41 Å². The van der Waals surface area contributed by atoms with Crippen LogP contribution in [0.15, 0.2) is 41.9 Å². The maximum absolute atomic E-state index is 11.5. The Bertz CT molecular complexity index is 1290. The summed E-state index contributed by atoms with van der Waals surface area (Å²) in [6, 6.07) is 14.0. The van der Waals surface area contributed by atoms with Crippen LogP contribution in [-0.4, -0.2) is 26.3 Å². The summed E-state index contributed by atoms with van der Waals surface area (Å²) in [5.74, 6) is 1.61. The number of nitriles is 1. The van der Waals surface area contributed by atoms with E-state index in [-0.39, 0.29) is 12.0 Å². The summed E-state index contributed by atoms with van der Waals surface area (Å²) in [7, 11) is -3.41. The standard InChI is InChI=1S/C25H29N3O4S2/c1-6-11-31-23-17(2)12-20(13-18(23)14-26)25(3,4)19-7-9-21(10-8-19)32-15-22-24(27-16-33-22)28-34(5,29)30/h7-10,12-13,16,28H,6,11,15H2,1-5H3. The second-order valence-corrected chi connectivity index (χ2v) is 11.3. The Hall–Kier alpha value is -3.09. The summed E-state index contributed by atoms with van der Waals surface area (Å²) in [5, 5.41) is 9.67. The van der Waals surface area contributed by atoms with E-state index in [9.17, 15) is 13.7 Å². The van der Waals surface area contributed by atoms with Gasteiger partial charge in [0.25, 0.3) is 0 Å². The molecular weight excluding hydrogens is 470 g/mol. The number of sulfonamides is 1. The molecule has 7 nitrogen and oxygen atoms in total. The number of hydrogen-bond donors (Lipinski definition) is 1. The highest BCUT2D eigenvalue weighted by molar-refractivity contribution is 7.92. The van der Waals surface area contributed by atoms with Gasteiger partial charge in [-0.15, -0.1) is 11.3 Å². The number of aromatic nitrogens is 1. The Balaban J connectivity index is 1.77. The molecule has 0 fully saturated rings. The minimum Gasteiger partial charge on any atom is -0.492 e. The van der Waals surface area contributed by atoms with E-state index < -0.39 is 10.0 Å². The van der Waals surface area contributed by atoms with Crippen molar-refractivity contribution in [1.82, 2.24) is 4.98 Å². The lowest BCUT2D eigenvalue weighted by molar-refractivity contribution is 0.310. The largest absolute Gasteiger partial charge is 0.492 e. The molecule has 3 rings (SSSR count). The van der Waals surface area contributed by atoms with Gasteiger partial charge < -0.3 is 9.47 Å². The van der Waals surface area contributed by atoms with Gasteiger partial charge in [-0.2, -0.15) is 5.26 Å². The van der Waals surface area contributed by atoms with E-state index in [2.05, 4.69) is 35.7 Å². The van der Waals surface area contributed by atoms with E-state index in [0.29, 0.717) is 34.4 Å². The minimum atomic E-state index is -3.41. The second-order valence-electron chi connectivity index (χ2n) is 8.57.